The molecule has 0 aromatic heterocycles. The Morgan fingerprint density at radius 2 is 1.41 bits per heavy atom. The SMILES string of the molecule is CC1=[C-]C(C)C(C)=C1C.[NH-]C(=O)C12CC3CC(CC(F)(C3)C1)C2.[Ti+2].c1ccc([SiH]c2ccccc2)cc1. The quantitative estimate of drug-likeness (QED) is 0.312. The molecule has 3 unspecified atom stereocenters. The molecule has 0 saturated heterocycles. The third kappa shape index (κ3) is 7.22. The molecular weight excluding hydrogens is 509 g/mol. The summed E-state index contributed by atoms with van der Waals surface area (Å²) in [5.74, 6) is 0.824. The Morgan fingerprint density at radius 3 is 1.73 bits per heavy atom. The van der Waals surface area contributed by atoms with Crippen LogP contribution < -0.4 is 10.4 Å². The fraction of sp³-hybridized carbons (Fsp3) is 0.469. The second-order valence-electron chi connectivity index (χ2n) is 11.5. The second-order valence-corrected chi connectivity index (χ2v) is 13.1. The molecule has 0 spiro atoms. The number of rotatable bonds is 3. The Balaban J connectivity index is 0.000000156. The van der Waals surface area contributed by atoms with Crippen molar-refractivity contribution in [1.82, 2.24) is 0 Å². The molecule has 1 amide bonds. The number of hydrogen-bond donors (Lipinski definition) is 0. The number of amides is 1. The van der Waals surface area contributed by atoms with Gasteiger partial charge in [-0.05, 0) is 50.4 Å². The summed E-state index contributed by atoms with van der Waals surface area (Å²) < 4.78 is 14.3. The molecule has 4 saturated carbocycles. The zero-order valence-electron chi connectivity index (χ0n) is 22.6. The molecule has 0 heterocycles. The number of carbonyl (C=O) groups is 1. The van der Waals surface area contributed by atoms with Crippen LogP contribution in [0.15, 0.2) is 77.4 Å². The summed E-state index contributed by atoms with van der Waals surface area (Å²) >= 11 is 0. The van der Waals surface area contributed by atoms with Gasteiger partial charge in [0.05, 0.1) is 5.91 Å². The van der Waals surface area contributed by atoms with E-state index >= 15 is 0 Å². The second kappa shape index (κ2) is 12.4. The molecule has 4 fully saturated rings. The number of halogens is 1. The number of carbonyl (C=O) groups excluding carboxylic acids is 1. The average Bonchev–Trinajstić information content (AvgIpc) is 3.05. The molecule has 1 N–H and O–H groups in total. The topological polar surface area (TPSA) is 40.9 Å². The summed E-state index contributed by atoms with van der Waals surface area (Å²) in [5.41, 5.74) is 9.90. The van der Waals surface area contributed by atoms with Crippen LogP contribution in [0.4, 0.5) is 4.39 Å². The van der Waals surface area contributed by atoms with Crippen LogP contribution in [0.5, 0.6) is 0 Å². The molecule has 3 atom stereocenters. The molecule has 193 valence electrons. The van der Waals surface area contributed by atoms with E-state index in [2.05, 4.69) is 94.4 Å². The van der Waals surface area contributed by atoms with Crippen LogP contribution in [0, 0.1) is 29.2 Å². The van der Waals surface area contributed by atoms with Gasteiger partial charge in [0.2, 0.25) is 0 Å². The largest absolute Gasteiger partial charge is 2.00 e. The Hall–Kier alpha value is -1.75. The predicted octanol–water partition coefficient (Wildman–Crippen LogP) is 6.67. The van der Waals surface area contributed by atoms with Crippen LogP contribution >= 0.6 is 0 Å². The van der Waals surface area contributed by atoms with Crippen LogP contribution in [-0.4, -0.2) is 21.1 Å². The maximum Gasteiger partial charge on any atom is 2.00 e. The van der Waals surface area contributed by atoms with Crippen molar-refractivity contribution in [2.45, 2.75) is 71.9 Å². The monoisotopic (exact) mass is 548 g/mol. The number of alkyl halides is 1. The van der Waals surface area contributed by atoms with E-state index in [0.717, 1.165) is 19.3 Å². The van der Waals surface area contributed by atoms with E-state index in [9.17, 15) is 9.18 Å². The zero-order valence-corrected chi connectivity index (χ0v) is 25.3. The van der Waals surface area contributed by atoms with E-state index in [1.54, 1.807) is 0 Å². The standard InChI is InChI=1S/C12H11Si.C11H16FNO.C9H13.Ti/c1-3-7-11(8-4-1)13-12-9-5-2-6-10-12;12-11-4-7-1-8(5-11)3-10(2-7,6-11)9(13)14;1-6-5-7(2)9(4)8(6)3;/h1-10,13H;7-8H,1-6H2,(H2,13,14);6H,1-4H3;/q;;-1;+2/p-1. The first-order valence-electron chi connectivity index (χ1n) is 13.3. The molecule has 1 radical (unpaired) electrons. The van der Waals surface area contributed by atoms with E-state index < -0.39 is 17.0 Å². The summed E-state index contributed by atoms with van der Waals surface area (Å²) in [4.78, 5) is 11.3. The van der Waals surface area contributed by atoms with Gasteiger partial charge >= 0.3 is 21.7 Å². The van der Waals surface area contributed by atoms with E-state index in [1.807, 2.05) is 0 Å². The van der Waals surface area contributed by atoms with Gasteiger partial charge in [-0.3, -0.25) is 6.08 Å². The Bertz CT molecular complexity index is 1080. The van der Waals surface area contributed by atoms with Gasteiger partial charge in [0.1, 0.15) is 15.2 Å². The molecule has 5 aliphatic rings. The first-order chi connectivity index (χ1) is 17.1. The van der Waals surface area contributed by atoms with Crippen LogP contribution in [0.2, 0.25) is 0 Å². The van der Waals surface area contributed by atoms with Crippen molar-refractivity contribution < 1.29 is 30.9 Å². The van der Waals surface area contributed by atoms with Gasteiger partial charge in [-0.25, -0.2) is 9.96 Å². The molecule has 5 heteroatoms. The summed E-state index contributed by atoms with van der Waals surface area (Å²) in [6, 6.07) is 21.3. The Kier molecular flexibility index (Phi) is 9.99. The number of benzene rings is 2. The molecule has 2 nitrogen and oxygen atoms in total. The van der Waals surface area contributed by atoms with Crippen LogP contribution in [0.25, 0.3) is 5.73 Å². The maximum absolute atomic E-state index is 14.3. The Morgan fingerprint density at radius 1 is 0.919 bits per heavy atom. The van der Waals surface area contributed by atoms with Crippen molar-refractivity contribution in [2.75, 3.05) is 0 Å². The summed E-state index contributed by atoms with van der Waals surface area (Å²) in [6.45, 7) is 8.67. The smallest absolute Gasteiger partial charge is 0.667 e. The third-order valence-corrected chi connectivity index (χ3v) is 10.1. The molecule has 37 heavy (non-hydrogen) atoms. The minimum Gasteiger partial charge on any atom is -0.667 e. The average molecular weight is 549 g/mol. The van der Waals surface area contributed by atoms with Crippen LogP contribution in [0.1, 0.15) is 66.2 Å². The van der Waals surface area contributed by atoms with Crippen LogP contribution in [-0.2, 0) is 26.5 Å². The molecule has 4 bridgehead atoms. The predicted molar refractivity (Wildman–Crippen MR) is 150 cm³/mol. The number of allylic oxidation sites excluding steroid dienone is 4. The zero-order chi connectivity index (χ0) is 25.9. The van der Waals surface area contributed by atoms with E-state index in [-0.39, 0.29) is 31.2 Å². The number of nitrogens with one attached hydrogen (secondary N) is 1. The van der Waals surface area contributed by atoms with Gasteiger partial charge in [-0.15, -0.1) is 6.92 Å². The minimum atomic E-state index is -1.10. The van der Waals surface area contributed by atoms with Crippen molar-refractivity contribution >= 4 is 25.8 Å². The summed E-state index contributed by atoms with van der Waals surface area (Å²) in [7, 11) is 0.271. The van der Waals surface area contributed by atoms with Crippen molar-refractivity contribution in [3.63, 3.8) is 0 Å². The van der Waals surface area contributed by atoms with E-state index in [0.29, 0.717) is 37.0 Å². The molecule has 2 aromatic rings. The summed E-state index contributed by atoms with van der Waals surface area (Å²) in [5, 5.41) is 2.90. The maximum atomic E-state index is 14.3. The molecule has 7 rings (SSSR count). The van der Waals surface area contributed by atoms with Crippen molar-refractivity contribution in [1.29, 1.82) is 0 Å². The number of hydrogen-bond acceptors (Lipinski definition) is 1. The van der Waals surface area contributed by atoms with E-state index in [1.165, 1.54) is 27.1 Å². The van der Waals surface area contributed by atoms with Gasteiger partial charge < -0.3 is 10.5 Å². The van der Waals surface area contributed by atoms with Gasteiger partial charge in [-0.1, -0.05) is 97.7 Å². The van der Waals surface area contributed by atoms with Gasteiger partial charge in [0.25, 0.3) is 0 Å². The molecule has 2 aromatic carbocycles. The normalized spacial score (nSPS) is 30.8. The Labute approximate surface area is 240 Å². The van der Waals surface area contributed by atoms with Gasteiger partial charge in [0.15, 0.2) is 0 Å². The molecular formula is C32H39FNOSiTi. The van der Waals surface area contributed by atoms with E-state index in [4.69, 9.17) is 5.73 Å². The fourth-order valence-electron chi connectivity index (χ4n) is 6.87. The fourth-order valence-corrected chi connectivity index (χ4v) is 8.08. The third-order valence-electron chi connectivity index (χ3n) is 8.64. The van der Waals surface area contributed by atoms with Crippen molar-refractivity contribution in [3.05, 3.63) is 89.2 Å². The summed E-state index contributed by atoms with van der Waals surface area (Å²) in [6.07, 6.45) is 7.68. The first-order valence-corrected chi connectivity index (χ1v) is 14.4. The molecule has 5 aliphatic carbocycles. The van der Waals surface area contributed by atoms with Crippen molar-refractivity contribution in [3.8, 4) is 0 Å². The van der Waals surface area contributed by atoms with Crippen LogP contribution in [0.3, 0.4) is 0 Å². The minimum absolute atomic E-state index is 0. The van der Waals surface area contributed by atoms with Crippen molar-refractivity contribution in [2.24, 2.45) is 23.2 Å². The molecule has 0 aliphatic heterocycles. The van der Waals surface area contributed by atoms with Gasteiger partial charge in [0, 0.05) is 5.41 Å². The first kappa shape index (κ1) is 29.8. The van der Waals surface area contributed by atoms with Gasteiger partial charge in [-0.2, -0.15) is 11.1 Å².